The molecule has 3 aliphatic rings. The molecule has 3 rings (SSSR count). The Labute approximate surface area is 161 Å². The molecule has 2 saturated heterocycles. The number of carbonyl (C=O) groups is 1. The summed E-state index contributed by atoms with van der Waals surface area (Å²) in [5.41, 5.74) is 0.393. The first-order valence-electron chi connectivity index (χ1n) is 11.4. The summed E-state index contributed by atoms with van der Waals surface area (Å²) in [5, 5.41) is 0. The fourth-order valence-corrected chi connectivity index (χ4v) is 5.56. The van der Waals surface area contributed by atoms with Gasteiger partial charge in [0, 0.05) is 25.0 Å². The highest BCUT2D eigenvalue weighted by atomic mass is 16.2. The van der Waals surface area contributed by atoms with Crippen molar-refractivity contribution in [3.63, 3.8) is 0 Å². The van der Waals surface area contributed by atoms with Gasteiger partial charge in [0.25, 0.3) is 0 Å². The van der Waals surface area contributed by atoms with Crippen LogP contribution < -0.4 is 0 Å². The van der Waals surface area contributed by atoms with Crippen LogP contribution >= 0.6 is 0 Å². The zero-order valence-corrected chi connectivity index (χ0v) is 17.3. The fourth-order valence-electron chi connectivity index (χ4n) is 5.56. The Morgan fingerprint density at radius 2 is 1.77 bits per heavy atom. The molecule has 3 fully saturated rings. The van der Waals surface area contributed by atoms with Crippen molar-refractivity contribution in [1.82, 2.24) is 14.7 Å². The van der Waals surface area contributed by atoms with Gasteiger partial charge in [-0.2, -0.15) is 0 Å². The quantitative estimate of drug-likeness (QED) is 0.691. The second-order valence-corrected chi connectivity index (χ2v) is 9.20. The second kappa shape index (κ2) is 9.54. The molecule has 2 heterocycles. The van der Waals surface area contributed by atoms with Crippen LogP contribution in [0.15, 0.2) is 0 Å². The van der Waals surface area contributed by atoms with Gasteiger partial charge in [0.15, 0.2) is 0 Å². The molecule has 0 radical (unpaired) electrons. The highest BCUT2D eigenvalue weighted by Gasteiger charge is 2.42. The van der Waals surface area contributed by atoms with E-state index in [0.717, 1.165) is 32.1 Å². The molecule has 0 aromatic heterocycles. The Kier molecular flexibility index (Phi) is 7.39. The molecule has 26 heavy (non-hydrogen) atoms. The normalized spacial score (nSPS) is 28.3. The third kappa shape index (κ3) is 5.22. The van der Waals surface area contributed by atoms with Gasteiger partial charge in [-0.05, 0) is 57.8 Å². The number of likely N-dealkylation sites (N-methyl/N-ethyl adjacent to an activating group) is 1. The molecule has 1 amide bonds. The number of amides is 1. The minimum atomic E-state index is 0.352. The molecule has 1 saturated carbocycles. The van der Waals surface area contributed by atoms with E-state index in [9.17, 15) is 4.79 Å². The topological polar surface area (TPSA) is 26.8 Å². The van der Waals surface area contributed by atoms with Gasteiger partial charge in [0.1, 0.15) is 0 Å². The molecular weight excluding hydrogens is 322 g/mol. The van der Waals surface area contributed by atoms with Crippen LogP contribution in [0.3, 0.4) is 0 Å². The van der Waals surface area contributed by atoms with E-state index in [1.807, 2.05) is 0 Å². The van der Waals surface area contributed by atoms with Crippen LogP contribution in [0.1, 0.15) is 71.6 Å². The van der Waals surface area contributed by atoms with E-state index in [-0.39, 0.29) is 0 Å². The summed E-state index contributed by atoms with van der Waals surface area (Å²) >= 11 is 0. The lowest BCUT2D eigenvalue weighted by Crippen LogP contribution is -2.46. The molecule has 1 spiro atoms. The van der Waals surface area contributed by atoms with Crippen LogP contribution in [0.5, 0.6) is 0 Å². The minimum Gasteiger partial charge on any atom is -0.341 e. The predicted octanol–water partition coefficient (Wildman–Crippen LogP) is 3.61. The minimum absolute atomic E-state index is 0.352. The monoisotopic (exact) mass is 363 g/mol. The lowest BCUT2D eigenvalue weighted by Gasteiger charge is -2.41. The van der Waals surface area contributed by atoms with E-state index in [4.69, 9.17) is 0 Å². The van der Waals surface area contributed by atoms with Gasteiger partial charge in [-0.15, -0.1) is 0 Å². The zero-order valence-electron chi connectivity index (χ0n) is 17.3. The molecule has 1 aliphatic carbocycles. The molecule has 4 nitrogen and oxygen atoms in total. The van der Waals surface area contributed by atoms with E-state index in [1.165, 1.54) is 77.4 Å². The number of carbonyl (C=O) groups excluding carboxylic acids is 1. The first-order valence-corrected chi connectivity index (χ1v) is 11.4. The third-order valence-corrected chi connectivity index (χ3v) is 7.36. The van der Waals surface area contributed by atoms with Crippen molar-refractivity contribution in [3.8, 4) is 0 Å². The van der Waals surface area contributed by atoms with Gasteiger partial charge in [-0.3, -0.25) is 9.69 Å². The first-order chi connectivity index (χ1) is 12.6. The van der Waals surface area contributed by atoms with Crippen molar-refractivity contribution in [1.29, 1.82) is 0 Å². The molecule has 0 aromatic rings. The average Bonchev–Trinajstić information content (AvgIpc) is 3.08. The van der Waals surface area contributed by atoms with E-state index in [2.05, 4.69) is 28.5 Å². The number of likely N-dealkylation sites (tertiary alicyclic amines) is 2. The molecule has 1 unspecified atom stereocenters. The first kappa shape index (κ1) is 20.1. The van der Waals surface area contributed by atoms with E-state index in [0.29, 0.717) is 17.9 Å². The average molecular weight is 364 g/mol. The second-order valence-electron chi connectivity index (χ2n) is 9.20. The standard InChI is InChI=1S/C22H41N3O/c1-3-23(4-2)17-21(26)25-16-13-22(19-25)12-8-14-24(18-22)15-11-20-9-6-5-7-10-20/h20H,3-19H2,1-2H3. The van der Waals surface area contributed by atoms with Crippen molar-refractivity contribution < 1.29 is 4.79 Å². The van der Waals surface area contributed by atoms with Crippen LogP contribution in [-0.4, -0.2) is 73.0 Å². The molecular formula is C22H41N3O. The number of piperidine rings is 1. The van der Waals surface area contributed by atoms with Crippen molar-refractivity contribution in [3.05, 3.63) is 0 Å². The summed E-state index contributed by atoms with van der Waals surface area (Å²) in [6, 6.07) is 0. The summed E-state index contributed by atoms with van der Waals surface area (Å²) in [7, 11) is 0. The van der Waals surface area contributed by atoms with Gasteiger partial charge in [-0.25, -0.2) is 0 Å². The number of rotatable bonds is 7. The Balaban J connectivity index is 1.46. The van der Waals surface area contributed by atoms with Crippen LogP contribution in [-0.2, 0) is 4.79 Å². The number of hydrogen-bond acceptors (Lipinski definition) is 3. The summed E-state index contributed by atoms with van der Waals surface area (Å²) in [5.74, 6) is 1.34. The molecule has 2 aliphatic heterocycles. The Bertz CT molecular complexity index is 445. The van der Waals surface area contributed by atoms with E-state index < -0.39 is 0 Å². The van der Waals surface area contributed by atoms with Crippen LogP contribution in [0.2, 0.25) is 0 Å². The van der Waals surface area contributed by atoms with Gasteiger partial charge in [-0.1, -0.05) is 46.0 Å². The molecule has 1 atom stereocenters. The molecule has 150 valence electrons. The highest BCUT2D eigenvalue weighted by Crippen LogP contribution is 2.39. The SMILES string of the molecule is CCN(CC)CC(=O)N1CCC2(CCCN(CCC3CCCCC3)C2)C1. The summed E-state index contributed by atoms with van der Waals surface area (Å²) in [6.07, 6.45) is 12.6. The van der Waals surface area contributed by atoms with Gasteiger partial charge in [0.2, 0.25) is 5.91 Å². The number of nitrogens with zero attached hydrogens (tertiary/aromatic N) is 3. The van der Waals surface area contributed by atoms with Gasteiger partial charge >= 0.3 is 0 Å². The predicted molar refractivity (Wildman–Crippen MR) is 108 cm³/mol. The van der Waals surface area contributed by atoms with E-state index >= 15 is 0 Å². The lowest BCUT2D eigenvalue weighted by molar-refractivity contribution is -0.131. The Morgan fingerprint density at radius 1 is 1.00 bits per heavy atom. The molecule has 0 aromatic carbocycles. The van der Waals surface area contributed by atoms with Crippen LogP contribution in [0.25, 0.3) is 0 Å². The zero-order chi connectivity index (χ0) is 18.4. The van der Waals surface area contributed by atoms with Crippen LogP contribution in [0.4, 0.5) is 0 Å². The fraction of sp³-hybridized carbons (Fsp3) is 0.955. The summed E-state index contributed by atoms with van der Waals surface area (Å²) in [4.78, 5) is 19.8. The summed E-state index contributed by atoms with van der Waals surface area (Å²) < 4.78 is 0. The molecule has 4 heteroatoms. The van der Waals surface area contributed by atoms with E-state index in [1.54, 1.807) is 0 Å². The van der Waals surface area contributed by atoms with Crippen LogP contribution in [0, 0.1) is 11.3 Å². The van der Waals surface area contributed by atoms with Crippen molar-refractivity contribution >= 4 is 5.91 Å². The Morgan fingerprint density at radius 3 is 2.50 bits per heavy atom. The summed E-state index contributed by atoms with van der Waals surface area (Å²) in [6.45, 7) is 12.6. The lowest BCUT2D eigenvalue weighted by atomic mass is 9.79. The Hall–Kier alpha value is -0.610. The molecule has 0 bridgehead atoms. The van der Waals surface area contributed by atoms with Crippen molar-refractivity contribution in [2.24, 2.45) is 11.3 Å². The van der Waals surface area contributed by atoms with Gasteiger partial charge < -0.3 is 9.80 Å². The maximum absolute atomic E-state index is 12.7. The number of hydrogen-bond donors (Lipinski definition) is 0. The van der Waals surface area contributed by atoms with Gasteiger partial charge in [0.05, 0.1) is 6.54 Å². The largest absolute Gasteiger partial charge is 0.341 e. The highest BCUT2D eigenvalue weighted by molar-refractivity contribution is 5.78. The maximum Gasteiger partial charge on any atom is 0.236 e. The smallest absolute Gasteiger partial charge is 0.236 e. The van der Waals surface area contributed by atoms with Crippen molar-refractivity contribution in [2.45, 2.75) is 71.6 Å². The third-order valence-electron chi connectivity index (χ3n) is 7.36. The molecule has 0 N–H and O–H groups in total. The maximum atomic E-state index is 12.7. The van der Waals surface area contributed by atoms with Crippen molar-refractivity contribution in [2.75, 3.05) is 52.4 Å².